The Morgan fingerprint density at radius 3 is 1.91 bits per heavy atom. The molecule has 0 radical (unpaired) electrons. The van der Waals surface area contributed by atoms with Gasteiger partial charge in [0.25, 0.3) is 10.1 Å². The van der Waals surface area contributed by atoms with Crippen molar-refractivity contribution in [2.45, 2.75) is 20.0 Å². The molecule has 0 bridgehead atoms. The minimum absolute atomic E-state index is 0.125. The molecular formula is C6H15NO3S. The Bertz CT molecular complexity index is 184. The largest absolute Gasteiger partial charge is 0.311 e. The molecule has 1 aliphatic rings. The van der Waals surface area contributed by atoms with E-state index in [1.54, 1.807) is 0 Å². The summed E-state index contributed by atoms with van der Waals surface area (Å²) in [5, 5.41) is 2.89. The van der Waals surface area contributed by atoms with E-state index in [4.69, 9.17) is 0 Å². The molecule has 68 valence electrons. The van der Waals surface area contributed by atoms with Gasteiger partial charge in [-0.2, -0.15) is 8.42 Å². The second kappa shape index (κ2) is 4.69. The van der Waals surface area contributed by atoms with Crippen LogP contribution in [0.25, 0.3) is 0 Å². The maximum Gasteiger partial charge on any atom is 0.264 e. The molecular weight excluding hydrogens is 166 g/mol. The van der Waals surface area contributed by atoms with E-state index in [1.807, 2.05) is 13.8 Å². The van der Waals surface area contributed by atoms with Crippen LogP contribution in [0.4, 0.5) is 0 Å². The van der Waals surface area contributed by atoms with Crippen LogP contribution in [0.5, 0.6) is 0 Å². The van der Waals surface area contributed by atoms with Crippen LogP contribution < -0.4 is 5.32 Å². The van der Waals surface area contributed by atoms with E-state index < -0.39 is 10.1 Å². The second-order valence-corrected chi connectivity index (χ2v) is 3.68. The molecule has 4 nitrogen and oxygen atoms in total. The van der Waals surface area contributed by atoms with Gasteiger partial charge in [-0.3, -0.25) is 4.18 Å². The maximum absolute atomic E-state index is 10.4. The maximum atomic E-state index is 10.4. The summed E-state index contributed by atoms with van der Waals surface area (Å²) >= 11 is 0. The van der Waals surface area contributed by atoms with Crippen molar-refractivity contribution in [3.05, 3.63) is 0 Å². The van der Waals surface area contributed by atoms with E-state index in [9.17, 15) is 8.42 Å². The van der Waals surface area contributed by atoms with Crippen LogP contribution in [0.3, 0.4) is 0 Å². The first kappa shape index (κ1) is 10.9. The van der Waals surface area contributed by atoms with Crippen molar-refractivity contribution in [2.24, 2.45) is 0 Å². The number of hydrogen-bond acceptors (Lipinski definition) is 4. The third-order valence-corrected chi connectivity index (χ3v) is 1.68. The van der Waals surface area contributed by atoms with Crippen molar-refractivity contribution in [3.8, 4) is 0 Å². The third-order valence-electron chi connectivity index (χ3n) is 1.05. The van der Waals surface area contributed by atoms with Crippen LogP contribution in [0.15, 0.2) is 0 Å². The molecule has 1 heterocycles. The van der Waals surface area contributed by atoms with Crippen LogP contribution in [-0.2, 0) is 14.3 Å². The average Bonchev–Trinajstić information content (AvgIpc) is 1.83. The zero-order valence-corrected chi connectivity index (χ0v) is 7.94. The summed E-state index contributed by atoms with van der Waals surface area (Å²) in [7, 11) is -3.22. The fourth-order valence-corrected chi connectivity index (χ4v) is 1.21. The summed E-state index contributed by atoms with van der Waals surface area (Å²) in [4.78, 5) is 0. The van der Waals surface area contributed by atoms with Gasteiger partial charge in [0.15, 0.2) is 0 Å². The van der Waals surface area contributed by atoms with Crippen molar-refractivity contribution in [1.82, 2.24) is 5.32 Å². The molecule has 0 amide bonds. The SMILES string of the molecule is CC.CS(=O)(=O)OC1CNC1. The molecule has 0 aromatic carbocycles. The van der Waals surface area contributed by atoms with E-state index in [0.29, 0.717) is 13.1 Å². The third kappa shape index (κ3) is 5.17. The molecule has 0 aromatic heterocycles. The molecule has 0 unspecified atom stereocenters. The van der Waals surface area contributed by atoms with Crippen LogP contribution >= 0.6 is 0 Å². The van der Waals surface area contributed by atoms with Crippen molar-refractivity contribution < 1.29 is 12.6 Å². The highest BCUT2D eigenvalue weighted by Gasteiger charge is 2.21. The monoisotopic (exact) mass is 181 g/mol. The average molecular weight is 181 g/mol. The lowest BCUT2D eigenvalue weighted by atomic mass is 10.2. The Balaban J connectivity index is 0.000000461. The first-order chi connectivity index (χ1) is 5.08. The van der Waals surface area contributed by atoms with Crippen molar-refractivity contribution in [1.29, 1.82) is 0 Å². The van der Waals surface area contributed by atoms with Crippen molar-refractivity contribution in [3.63, 3.8) is 0 Å². The van der Waals surface area contributed by atoms with E-state index in [2.05, 4.69) is 9.50 Å². The standard InChI is InChI=1S/C4H9NO3S.C2H6/c1-9(6,7)8-4-2-5-3-4;1-2/h4-5H,2-3H2,1H3;1-2H3. The molecule has 0 atom stereocenters. The zero-order chi connectivity index (χ0) is 8.91. The fourth-order valence-electron chi connectivity index (χ4n) is 0.577. The lowest BCUT2D eigenvalue weighted by Crippen LogP contribution is -2.49. The molecule has 0 aliphatic carbocycles. The smallest absolute Gasteiger partial charge is 0.264 e. The normalized spacial score (nSPS) is 18.1. The highest BCUT2D eigenvalue weighted by atomic mass is 32.2. The van der Waals surface area contributed by atoms with Crippen LogP contribution in [0.2, 0.25) is 0 Å². The van der Waals surface area contributed by atoms with Gasteiger partial charge in [0.1, 0.15) is 6.10 Å². The molecule has 1 aliphatic heterocycles. The lowest BCUT2D eigenvalue weighted by Gasteiger charge is -2.25. The van der Waals surface area contributed by atoms with Crippen molar-refractivity contribution in [2.75, 3.05) is 19.3 Å². The minimum Gasteiger partial charge on any atom is -0.311 e. The molecule has 1 N–H and O–H groups in total. The van der Waals surface area contributed by atoms with Gasteiger partial charge < -0.3 is 5.32 Å². The van der Waals surface area contributed by atoms with Crippen LogP contribution in [-0.4, -0.2) is 33.9 Å². The van der Waals surface area contributed by atoms with Gasteiger partial charge >= 0.3 is 0 Å². The van der Waals surface area contributed by atoms with E-state index in [-0.39, 0.29) is 6.10 Å². The first-order valence-electron chi connectivity index (χ1n) is 3.67. The molecule has 5 heteroatoms. The van der Waals surface area contributed by atoms with Gasteiger partial charge in [0.05, 0.1) is 6.26 Å². The van der Waals surface area contributed by atoms with Gasteiger partial charge in [-0.1, -0.05) is 13.8 Å². The Kier molecular flexibility index (Phi) is 4.63. The Hall–Kier alpha value is -0.130. The van der Waals surface area contributed by atoms with Gasteiger partial charge in [-0.25, -0.2) is 0 Å². The van der Waals surface area contributed by atoms with Gasteiger partial charge in [-0.05, 0) is 0 Å². The van der Waals surface area contributed by atoms with Gasteiger partial charge in [0.2, 0.25) is 0 Å². The predicted molar refractivity (Wildman–Crippen MR) is 43.9 cm³/mol. The minimum atomic E-state index is -3.22. The summed E-state index contributed by atoms with van der Waals surface area (Å²) in [5.41, 5.74) is 0. The number of rotatable bonds is 2. The Morgan fingerprint density at radius 1 is 1.36 bits per heavy atom. The molecule has 11 heavy (non-hydrogen) atoms. The Labute approximate surface area is 68.1 Å². The summed E-state index contributed by atoms with van der Waals surface area (Å²) in [5.74, 6) is 0. The zero-order valence-electron chi connectivity index (χ0n) is 7.12. The summed E-state index contributed by atoms with van der Waals surface area (Å²) in [6, 6.07) is 0. The van der Waals surface area contributed by atoms with Crippen LogP contribution in [0, 0.1) is 0 Å². The van der Waals surface area contributed by atoms with Crippen LogP contribution in [0.1, 0.15) is 13.8 Å². The van der Waals surface area contributed by atoms with E-state index in [1.165, 1.54) is 0 Å². The molecule has 0 saturated carbocycles. The number of hydrogen-bond donors (Lipinski definition) is 1. The summed E-state index contributed by atoms with van der Waals surface area (Å²) < 4.78 is 25.4. The molecule has 0 spiro atoms. The first-order valence-corrected chi connectivity index (χ1v) is 5.48. The molecule has 1 rings (SSSR count). The highest BCUT2D eigenvalue weighted by molar-refractivity contribution is 7.86. The van der Waals surface area contributed by atoms with Gasteiger partial charge in [-0.15, -0.1) is 0 Å². The van der Waals surface area contributed by atoms with Gasteiger partial charge in [0, 0.05) is 13.1 Å². The summed E-state index contributed by atoms with van der Waals surface area (Å²) in [6.45, 7) is 5.29. The van der Waals surface area contributed by atoms with E-state index >= 15 is 0 Å². The topological polar surface area (TPSA) is 55.4 Å². The second-order valence-electron chi connectivity index (χ2n) is 2.08. The summed E-state index contributed by atoms with van der Waals surface area (Å²) in [6.07, 6.45) is 0.936. The van der Waals surface area contributed by atoms with E-state index in [0.717, 1.165) is 6.26 Å². The Morgan fingerprint density at radius 2 is 1.82 bits per heavy atom. The number of nitrogens with one attached hydrogen (secondary N) is 1. The molecule has 0 aromatic rings. The fraction of sp³-hybridized carbons (Fsp3) is 1.00. The quantitative estimate of drug-likeness (QED) is 0.607. The lowest BCUT2D eigenvalue weighted by molar-refractivity contribution is 0.151. The van der Waals surface area contributed by atoms with Crippen molar-refractivity contribution >= 4 is 10.1 Å². The highest BCUT2D eigenvalue weighted by Crippen LogP contribution is 2.01. The molecule has 1 fully saturated rings. The predicted octanol–water partition coefficient (Wildman–Crippen LogP) is -0.0394. The molecule has 1 saturated heterocycles.